The summed E-state index contributed by atoms with van der Waals surface area (Å²) >= 11 is 8.51. The van der Waals surface area contributed by atoms with Gasteiger partial charge in [0, 0.05) is 6.92 Å². The van der Waals surface area contributed by atoms with Crippen LogP contribution in [0.5, 0.6) is 11.5 Å². The van der Waals surface area contributed by atoms with E-state index >= 15 is 0 Å². The van der Waals surface area contributed by atoms with Crippen LogP contribution in [-0.4, -0.2) is 35.0 Å². The predicted molar refractivity (Wildman–Crippen MR) is 102 cm³/mol. The first-order valence-electron chi connectivity index (χ1n) is 7.85. The molecule has 1 aromatic rings. The Bertz CT molecular complexity index is 748. The van der Waals surface area contributed by atoms with Gasteiger partial charge >= 0.3 is 0 Å². The van der Waals surface area contributed by atoms with Gasteiger partial charge in [0.15, 0.2) is 16.6 Å². The van der Waals surface area contributed by atoms with Crippen LogP contribution in [0.1, 0.15) is 32.8 Å². The highest BCUT2D eigenvalue weighted by Gasteiger charge is 2.33. The third-order valence-corrected chi connectivity index (χ3v) is 4.16. The van der Waals surface area contributed by atoms with Crippen LogP contribution in [0.4, 0.5) is 0 Å². The molecule has 2 rings (SSSR count). The first kappa shape index (κ1) is 19.4. The van der Waals surface area contributed by atoms with Crippen LogP contribution < -0.4 is 14.8 Å². The summed E-state index contributed by atoms with van der Waals surface area (Å²) in [5.41, 5.74) is 0.944. The van der Waals surface area contributed by atoms with Crippen LogP contribution in [0.15, 0.2) is 22.3 Å². The van der Waals surface area contributed by atoms with Crippen molar-refractivity contribution in [2.45, 2.75) is 27.2 Å². The van der Waals surface area contributed by atoms with Crippen molar-refractivity contribution >= 4 is 51.2 Å². The first-order valence-corrected chi connectivity index (χ1v) is 9.06. The molecule has 0 radical (unpaired) electrons. The minimum atomic E-state index is -0.474. The van der Waals surface area contributed by atoms with Gasteiger partial charge in [-0.25, -0.2) is 4.90 Å². The standard InChI is InChI=1S/C17H19BrN2O4S/c1-4-6-24-15-12(18)7-11(9-14(15)23-5-2)8-13-16(22)20(10(3)21)17(25)19-13/h7-9H,4-6H2,1-3H3,(H,19,25)/b13-8+. The SMILES string of the molecule is CCCOc1c(Br)cc(/C=C2/NC(=S)N(C(C)=O)C2=O)cc1OCC. The summed E-state index contributed by atoms with van der Waals surface area (Å²) in [6.07, 6.45) is 2.50. The summed E-state index contributed by atoms with van der Waals surface area (Å²) in [5, 5.41) is 2.84. The molecule has 1 N–H and O–H groups in total. The van der Waals surface area contributed by atoms with Crippen LogP contribution in [0.3, 0.4) is 0 Å². The highest BCUT2D eigenvalue weighted by molar-refractivity contribution is 9.10. The number of nitrogens with zero attached hydrogens (tertiary/aromatic N) is 1. The molecule has 0 unspecified atom stereocenters. The summed E-state index contributed by atoms with van der Waals surface area (Å²) < 4.78 is 12.1. The van der Waals surface area contributed by atoms with Crippen LogP contribution in [-0.2, 0) is 9.59 Å². The second-order valence-electron chi connectivity index (χ2n) is 5.26. The second-order valence-corrected chi connectivity index (χ2v) is 6.50. The van der Waals surface area contributed by atoms with Crippen LogP contribution in [0.2, 0.25) is 0 Å². The number of thiocarbonyl (C=S) groups is 1. The zero-order chi connectivity index (χ0) is 18.6. The van der Waals surface area contributed by atoms with Gasteiger partial charge in [0.05, 0.1) is 17.7 Å². The van der Waals surface area contributed by atoms with Crippen molar-refractivity contribution in [3.63, 3.8) is 0 Å². The molecule has 0 saturated carbocycles. The van der Waals surface area contributed by atoms with Crippen molar-refractivity contribution in [2.24, 2.45) is 0 Å². The lowest BCUT2D eigenvalue weighted by atomic mass is 10.1. The molecule has 0 atom stereocenters. The summed E-state index contributed by atoms with van der Waals surface area (Å²) in [7, 11) is 0. The number of nitrogens with one attached hydrogen (secondary N) is 1. The molecule has 6 nitrogen and oxygen atoms in total. The van der Waals surface area contributed by atoms with Crippen molar-refractivity contribution in [1.29, 1.82) is 0 Å². The third-order valence-electron chi connectivity index (χ3n) is 3.29. The fraction of sp³-hybridized carbons (Fsp3) is 0.353. The Balaban J connectivity index is 2.38. The fourth-order valence-corrected chi connectivity index (χ4v) is 3.16. The van der Waals surface area contributed by atoms with Gasteiger partial charge < -0.3 is 14.8 Å². The minimum Gasteiger partial charge on any atom is -0.490 e. The van der Waals surface area contributed by atoms with Crippen LogP contribution >= 0.6 is 28.1 Å². The van der Waals surface area contributed by atoms with Crippen molar-refractivity contribution in [1.82, 2.24) is 10.2 Å². The number of carbonyl (C=O) groups is 2. The Kier molecular flexibility index (Phi) is 6.55. The van der Waals surface area contributed by atoms with Gasteiger partial charge in [0.25, 0.3) is 5.91 Å². The lowest BCUT2D eigenvalue weighted by Gasteiger charge is -2.14. The summed E-state index contributed by atoms with van der Waals surface area (Å²) in [6.45, 7) is 6.25. The lowest BCUT2D eigenvalue weighted by Crippen LogP contribution is -2.34. The number of benzene rings is 1. The highest BCUT2D eigenvalue weighted by atomic mass is 79.9. The average Bonchev–Trinajstić information content (AvgIpc) is 2.81. The van der Waals surface area contributed by atoms with Crippen LogP contribution in [0, 0.1) is 0 Å². The van der Waals surface area contributed by atoms with Gasteiger partial charge in [0.1, 0.15) is 5.70 Å². The molecule has 1 fully saturated rings. The molecule has 0 spiro atoms. The van der Waals surface area contributed by atoms with E-state index in [1.54, 1.807) is 12.1 Å². The van der Waals surface area contributed by atoms with Gasteiger partial charge in [-0.15, -0.1) is 0 Å². The molecule has 8 heteroatoms. The zero-order valence-corrected chi connectivity index (χ0v) is 16.6. The molecule has 0 aliphatic carbocycles. The van der Waals surface area contributed by atoms with Crippen molar-refractivity contribution < 1.29 is 19.1 Å². The smallest absolute Gasteiger partial charge is 0.283 e. The van der Waals surface area contributed by atoms with Gasteiger partial charge in [-0.1, -0.05) is 6.92 Å². The minimum absolute atomic E-state index is 0.0794. The molecule has 2 amide bonds. The maximum absolute atomic E-state index is 12.3. The van der Waals surface area contributed by atoms with Crippen LogP contribution in [0.25, 0.3) is 6.08 Å². The molecule has 1 saturated heterocycles. The number of ether oxygens (including phenoxy) is 2. The van der Waals surface area contributed by atoms with E-state index in [0.29, 0.717) is 30.3 Å². The van der Waals surface area contributed by atoms with E-state index in [4.69, 9.17) is 21.7 Å². The maximum Gasteiger partial charge on any atom is 0.283 e. The molecule has 1 aromatic carbocycles. The Labute approximate surface area is 160 Å². The molecular formula is C17H19BrN2O4S. The second kappa shape index (κ2) is 8.44. The quantitative estimate of drug-likeness (QED) is 0.556. The van der Waals surface area contributed by atoms with E-state index in [0.717, 1.165) is 15.8 Å². The van der Waals surface area contributed by atoms with Crippen molar-refractivity contribution in [3.05, 3.63) is 27.9 Å². The Morgan fingerprint density at radius 1 is 1.36 bits per heavy atom. The van der Waals surface area contributed by atoms with Gasteiger partial charge in [-0.05, 0) is 65.3 Å². The predicted octanol–water partition coefficient (Wildman–Crippen LogP) is 3.24. The number of imide groups is 1. The molecule has 0 bridgehead atoms. The number of rotatable bonds is 6. The van der Waals surface area contributed by atoms with E-state index in [1.165, 1.54) is 6.92 Å². The summed E-state index contributed by atoms with van der Waals surface area (Å²) in [6, 6.07) is 3.59. The zero-order valence-electron chi connectivity index (χ0n) is 14.2. The number of hydrogen-bond acceptors (Lipinski definition) is 5. The van der Waals surface area contributed by atoms with Gasteiger partial charge in [-0.2, -0.15) is 0 Å². The van der Waals surface area contributed by atoms with E-state index in [1.807, 2.05) is 19.9 Å². The average molecular weight is 427 g/mol. The molecule has 1 aliphatic heterocycles. The van der Waals surface area contributed by atoms with Crippen molar-refractivity contribution in [2.75, 3.05) is 13.2 Å². The van der Waals surface area contributed by atoms with E-state index in [-0.39, 0.29) is 10.8 Å². The van der Waals surface area contributed by atoms with Gasteiger partial charge in [-0.3, -0.25) is 9.59 Å². The Morgan fingerprint density at radius 3 is 2.64 bits per heavy atom. The Morgan fingerprint density at radius 2 is 2.08 bits per heavy atom. The molecule has 25 heavy (non-hydrogen) atoms. The number of hydrogen-bond donors (Lipinski definition) is 1. The number of carbonyl (C=O) groups excluding carboxylic acids is 2. The number of amides is 2. The van der Waals surface area contributed by atoms with Crippen molar-refractivity contribution in [3.8, 4) is 11.5 Å². The molecule has 0 aromatic heterocycles. The molecule has 134 valence electrons. The Hall–Kier alpha value is -1.93. The summed E-state index contributed by atoms with van der Waals surface area (Å²) in [5.74, 6) is 0.300. The number of halogens is 1. The first-order chi connectivity index (χ1) is 11.9. The fourth-order valence-electron chi connectivity index (χ4n) is 2.27. The van der Waals surface area contributed by atoms with E-state index < -0.39 is 11.8 Å². The van der Waals surface area contributed by atoms with Gasteiger partial charge in [0.2, 0.25) is 5.91 Å². The largest absolute Gasteiger partial charge is 0.490 e. The summed E-state index contributed by atoms with van der Waals surface area (Å²) in [4.78, 5) is 24.7. The normalized spacial score (nSPS) is 15.5. The monoisotopic (exact) mass is 426 g/mol. The van der Waals surface area contributed by atoms with E-state index in [9.17, 15) is 9.59 Å². The lowest BCUT2D eigenvalue weighted by molar-refractivity contribution is -0.135. The molecular weight excluding hydrogens is 408 g/mol. The highest BCUT2D eigenvalue weighted by Crippen LogP contribution is 2.37. The third kappa shape index (κ3) is 4.38. The topological polar surface area (TPSA) is 67.9 Å². The molecule has 1 heterocycles. The molecule has 1 aliphatic rings. The maximum atomic E-state index is 12.3. The van der Waals surface area contributed by atoms with E-state index in [2.05, 4.69) is 21.2 Å².